The number of ether oxygens (including phenoxy) is 1. The summed E-state index contributed by atoms with van der Waals surface area (Å²) < 4.78 is 5.71. The Hall–Kier alpha value is -3.60. The average Bonchev–Trinajstić information content (AvgIpc) is 2.96. The molecule has 2 aliphatic heterocycles. The molecule has 5 rings (SSSR count). The van der Waals surface area contributed by atoms with Crippen LogP contribution in [0.2, 0.25) is 5.02 Å². The molecule has 2 aliphatic rings. The second kappa shape index (κ2) is 12.1. The lowest BCUT2D eigenvalue weighted by Crippen LogP contribution is -2.52. The molecule has 0 radical (unpaired) electrons. The number of aldehydes is 1. The molecule has 10 nitrogen and oxygen atoms in total. The molecule has 11 heteroatoms. The standard InChI is InChI=1S/C28H34ClN7O3/c1-34-11-13-36(14-12-34)21-7-9-35(10-8-21)22-4-5-24(26(16-22)39-2)32-28-30-17-23(29)27(33-28)31-20-3-6-25(38)19(15-20)18-37/h3-6,15-18,21,38H,7-14H2,1-2H3,(H2,30,31,32,33). The number of piperidine rings is 1. The van der Waals surface area contributed by atoms with E-state index in [0.29, 0.717) is 40.6 Å². The van der Waals surface area contributed by atoms with E-state index in [1.807, 2.05) is 12.1 Å². The molecule has 0 saturated carbocycles. The first-order valence-electron chi connectivity index (χ1n) is 13.1. The van der Waals surface area contributed by atoms with Crippen LogP contribution >= 0.6 is 11.6 Å². The minimum Gasteiger partial charge on any atom is -0.507 e. The Balaban J connectivity index is 1.25. The Morgan fingerprint density at radius 3 is 2.54 bits per heavy atom. The predicted octanol–water partition coefficient (Wildman–Crippen LogP) is 4.36. The summed E-state index contributed by atoms with van der Waals surface area (Å²) in [4.78, 5) is 27.4. The van der Waals surface area contributed by atoms with Crippen LogP contribution in [-0.4, -0.2) is 90.6 Å². The number of carbonyl (C=O) groups excluding carboxylic acids is 1. The molecule has 3 heterocycles. The van der Waals surface area contributed by atoms with E-state index in [9.17, 15) is 9.90 Å². The number of halogens is 1. The molecule has 2 aromatic carbocycles. The highest BCUT2D eigenvalue weighted by Crippen LogP contribution is 2.34. The molecule has 1 aromatic heterocycles. The number of nitrogens with one attached hydrogen (secondary N) is 2. The monoisotopic (exact) mass is 551 g/mol. The maximum atomic E-state index is 11.2. The van der Waals surface area contributed by atoms with E-state index in [1.54, 1.807) is 13.2 Å². The summed E-state index contributed by atoms with van der Waals surface area (Å²) in [5, 5.41) is 16.4. The summed E-state index contributed by atoms with van der Waals surface area (Å²) in [6.45, 7) is 6.66. The fraction of sp³-hybridized carbons (Fsp3) is 0.393. The molecule has 0 bridgehead atoms. The maximum absolute atomic E-state index is 11.2. The minimum atomic E-state index is -0.0957. The summed E-state index contributed by atoms with van der Waals surface area (Å²) in [6, 6.07) is 11.4. The first kappa shape index (κ1) is 27.0. The Morgan fingerprint density at radius 1 is 1.05 bits per heavy atom. The molecule has 0 aliphatic carbocycles. The number of phenolic OH excluding ortho intramolecular Hbond substituents is 1. The number of likely N-dealkylation sites (N-methyl/N-ethyl adjacent to an activating group) is 1. The van der Waals surface area contributed by atoms with E-state index in [0.717, 1.165) is 63.5 Å². The highest BCUT2D eigenvalue weighted by Gasteiger charge is 2.27. The van der Waals surface area contributed by atoms with Crippen LogP contribution in [0.3, 0.4) is 0 Å². The van der Waals surface area contributed by atoms with E-state index in [2.05, 4.69) is 48.4 Å². The van der Waals surface area contributed by atoms with Crippen molar-refractivity contribution in [3.8, 4) is 11.5 Å². The number of anilines is 5. The summed E-state index contributed by atoms with van der Waals surface area (Å²) in [7, 11) is 3.85. The molecule has 0 atom stereocenters. The lowest BCUT2D eigenvalue weighted by atomic mass is 10.0. The zero-order valence-corrected chi connectivity index (χ0v) is 23.0. The highest BCUT2D eigenvalue weighted by atomic mass is 35.5. The maximum Gasteiger partial charge on any atom is 0.229 e. The van der Waals surface area contributed by atoms with Crippen LogP contribution in [0.15, 0.2) is 42.6 Å². The molecule has 3 N–H and O–H groups in total. The highest BCUT2D eigenvalue weighted by molar-refractivity contribution is 6.32. The lowest BCUT2D eigenvalue weighted by Gasteiger charge is -2.42. The number of piperazine rings is 1. The fourth-order valence-electron chi connectivity index (χ4n) is 5.15. The third kappa shape index (κ3) is 6.35. The molecule has 3 aromatic rings. The van der Waals surface area contributed by atoms with Gasteiger partial charge in [0.15, 0.2) is 12.1 Å². The van der Waals surface area contributed by atoms with Crippen molar-refractivity contribution in [1.29, 1.82) is 0 Å². The summed E-state index contributed by atoms with van der Waals surface area (Å²) >= 11 is 6.32. The van der Waals surface area contributed by atoms with Crippen molar-refractivity contribution in [1.82, 2.24) is 19.8 Å². The van der Waals surface area contributed by atoms with Crippen LogP contribution in [0.5, 0.6) is 11.5 Å². The van der Waals surface area contributed by atoms with Crippen LogP contribution < -0.4 is 20.3 Å². The largest absolute Gasteiger partial charge is 0.507 e. The second-order valence-electron chi connectivity index (χ2n) is 9.97. The molecule has 0 unspecified atom stereocenters. The minimum absolute atomic E-state index is 0.0957. The van der Waals surface area contributed by atoms with Gasteiger partial charge in [-0.05, 0) is 50.2 Å². The van der Waals surface area contributed by atoms with E-state index >= 15 is 0 Å². The Bertz CT molecular complexity index is 1310. The lowest BCUT2D eigenvalue weighted by molar-refractivity contribution is 0.0982. The van der Waals surface area contributed by atoms with Gasteiger partial charge in [0.1, 0.15) is 16.5 Å². The summed E-state index contributed by atoms with van der Waals surface area (Å²) in [5.74, 6) is 1.28. The van der Waals surface area contributed by atoms with Crippen molar-refractivity contribution in [2.24, 2.45) is 0 Å². The molecular weight excluding hydrogens is 518 g/mol. The van der Waals surface area contributed by atoms with Gasteiger partial charge in [0, 0.05) is 62.8 Å². The number of rotatable bonds is 8. The SMILES string of the molecule is COc1cc(N2CCC(N3CCN(C)CC3)CC2)ccc1Nc1ncc(Cl)c(Nc2ccc(O)c(C=O)c2)n1. The van der Waals surface area contributed by atoms with Crippen LogP contribution in [-0.2, 0) is 0 Å². The van der Waals surface area contributed by atoms with Gasteiger partial charge in [-0.25, -0.2) is 4.98 Å². The van der Waals surface area contributed by atoms with Gasteiger partial charge >= 0.3 is 0 Å². The Labute approximate surface area is 233 Å². The molecule has 0 spiro atoms. The number of benzene rings is 2. The van der Waals surface area contributed by atoms with Crippen molar-refractivity contribution in [3.05, 3.63) is 53.2 Å². The van der Waals surface area contributed by atoms with Crippen LogP contribution in [0, 0.1) is 0 Å². The average molecular weight is 552 g/mol. The predicted molar refractivity (Wildman–Crippen MR) is 154 cm³/mol. The summed E-state index contributed by atoms with van der Waals surface area (Å²) in [5.41, 5.74) is 2.58. The van der Waals surface area contributed by atoms with Crippen molar-refractivity contribution in [2.45, 2.75) is 18.9 Å². The van der Waals surface area contributed by atoms with Crippen LogP contribution in [0.4, 0.5) is 28.8 Å². The van der Waals surface area contributed by atoms with E-state index in [-0.39, 0.29) is 11.3 Å². The van der Waals surface area contributed by atoms with Crippen LogP contribution in [0.25, 0.3) is 0 Å². The van der Waals surface area contributed by atoms with Crippen molar-refractivity contribution >= 4 is 46.7 Å². The second-order valence-corrected chi connectivity index (χ2v) is 10.4. The van der Waals surface area contributed by atoms with Crippen LogP contribution in [0.1, 0.15) is 23.2 Å². The third-order valence-electron chi connectivity index (χ3n) is 7.48. The van der Waals surface area contributed by atoms with Gasteiger partial charge in [0.25, 0.3) is 0 Å². The van der Waals surface area contributed by atoms with Crippen molar-refractivity contribution < 1.29 is 14.6 Å². The fourth-order valence-corrected chi connectivity index (χ4v) is 5.29. The Morgan fingerprint density at radius 2 is 1.82 bits per heavy atom. The number of hydrogen-bond donors (Lipinski definition) is 3. The van der Waals surface area contributed by atoms with Gasteiger partial charge in [-0.15, -0.1) is 0 Å². The van der Waals surface area contributed by atoms with Gasteiger partial charge < -0.3 is 30.3 Å². The van der Waals surface area contributed by atoms with E-state index in [4.69, 9.17) is 16.3 Å². The molecule has 2 fully saturated rings. The number of hydrogen-bond acceptors (Lipinski definition) is 10. The number of phenols is 1. The number of methoxy groups -OCH3 is 1. The molecular formula is C28H34ClN7O3. The first-order chi connectivity index (χ1) is 18.9. The van der Waals surface area contributed by atoms with Gasteiger partial charge in [0.05, 0.1) is 24.6 Å². The third-order valence-corrected chi connectivity index (χ3v) is 7.75. The molecule has 2 saturated heterocycles. The smallest absolute Gasteiger partial charge is 0.229 e. The summed E-state index contributed by atoms with van der Waals surface area (Å²) in [6.07, 6.45) is 4.40. The van der Waals surface area contributed by atoms with Gasteiger partial charge in [-0.3, -0.25) is 9.69 Å². The zero-order chi connectivity index (χ0) is 27.4. The Kier molecular flexibility index (Phi) is 8.35. The normalized spacial score (nSPS) is 17.2. The molecule has 39 heavy (non-hydrogen) atoms. The van der Waals surface area contributed by atoms with Crippen molar-refractivity contribution in [2.75, 3.05) is 69.0 Å². The van der Waals surface area contributed by atoms with Gasteiger partial charge in [-0.2, -0.15) is 4.98 Å². The molecule has 0 amide bonds. The van der Waals surface area contributed by atoms with Gasteiger partial charge in [0.2, 0.25) is 5.95 Å². The number of aromatic nitrogens is 2. The first-order valence-corrected chi connectivity index (χ1v) is 13.5. The molecule has 206 valence electrons. The topological polar surface area (TPSA) is 106 Å². The zero-order valence-electron chi connectivity index (χ0n) is 22.2. The number of nitrogens with zero attached hydrogens (tertiary/aromatic N) is 5. The van der Waals surface area contributed by atoms with Gasteiger partial charge in [-0.1, -0.05) is 11.6 Å². The van der Waals surface area contributed by atoms with E-state index < -0.39 is 0 Å². The van der Waals surface area contributed by atoms with E-state index in [1.165, 1.54) is 18.3 Å². The number of aromatic hydroxyl groups is 1. The van der Waals surface area contributed by atoms with Crippen molar-refractivity contribution in [3.63, 3.8) is 0 Å². The quantitative estimate of drug-likeness (QED) is 0.276. The number of carbonyl (C=O) groups is 1.